The Balaban J connectivity index is 2.58. The number of para-hydroxylation sites is 1. The predicted molar refractivity (Wildman–Crippen MR) is 72.1 cm³/mol. The van der Waals surface area contributed by atoms with Crippen LogP contribution in [0.2, 0.25) is 0 Å². The second-order valence-electron chi connectivity index (χ2n) is 4.85. The molecule has 0 atom stereocenters. The van der Waals surface area contributed by atoms with Gasteiger partial charge in [0.05, 0.1) is 22.2 Å². The Hall–Kier alpha value is -1.53. The molecule has 1 heterocycles. The minimum absolute atomic E-state index is 0.0994. The van der Waals surface area contributed by atoms with Gasteiger partial charge >= 0.3 is 0 Å². The van der Waals surface area contributed by atoms with Gasteiger partial charge in [0.25, 0.3) is 0 Å². The Morgan fingerprint density at radius 2 is 1.94 bits per heavy atom. The van der Waals surface area contributed by atoms with E-state index in [1.807, 2.05) is 30.3 Å². The van der Waals surface area contributed by atoms with Crippen LogP contribution in [0, 0.1) is 11.3 Å². The van der Waals surface area contributed by atoms with Gasteiger partial charge in [-0.15, -0.1) is 11.8 Å². The molecule has 17 heavy (non-hydrogen) atoms. The first-order valence-electron chi connectivity index (χ1n) is 5.48. The molecule has 2 rings (SSSR count). The van der Waals surface area contributed by atoms with E-state index in [1.165, 1.54) is 0 Å². The molecule has 0 amide bonds. The van der Waals surface area contributed by atoms with Crippen molar-refractivity contribution >= 4 is 22.7 Å². The van der Waals surface area contributed by atoms with Crippen molar-refractivity contribution in [3.8, 4) is 6.07 Å². The largest absolute Gasteiger partial charge is 0.241 e. The lowest BCUT2D eigenvalue weighted by molar-refractivity contribution is 0.800. The zero-order valence-electron chi connectivity index (χ0n) is 10.2. The van der Waals surface area contributed by atoms with E-state index in [0.717, 1.165) is 15.9 Å². The lowest BCUT2D eigenvalue weighted by Crippen LogP contribution is -2.07. The Labute approximate surface area is 106 Å². The predicted octanol–water partition coefficient (Wildman–Crippen LogP) is 4.00. The van der Waals surface area contributed by atoms with Crippen molar-refractivity contribution in [2.75, 3.05) is 0 Å². The summed E-state index contributed by atoms with van der Waals surface area (Å²) in [6.07, 6.45) is 0. The normalized spacial score (nSPS) is 11.4. The summed E-state index contributed by atoms with van der Waals surface area (Å²) in [7, 11) is 0. The third kappa shape index (κ3) is 2.78. The quantitative estimate of drug-likeness (QED) is 0.709. The maximum atomic E-state index is 9.17. The minimum atomic E-state index is 0.0994. The summed E-state index contributed by atoms with van der Waals surface area (Å²) in [6.45, 7) is 6.42. The van der Waals surface area contributed by atoms with Crippen molar-refractivity contribution in [1.82, 2.24) is 4.98 Å². The SMILES string of the molecule is CC(C)(C)Sc1cc(C#N)c2ccccc2n1. The summed E-state index contributed by atoms with van der Waals surface area (Å²) in [6, 6.07) is 11.9. The highest BCUT2D eigenvalue weighted by Gasteiger charge is 2.14. The first-order chi connectivity index (χ1) is 7.99. The molecule has 0 radical (unpaired) electrons. The molecule has 0 bridgehead atoms. The molecule has 1 aromatic heterocycles. The molecular formula is C14H14N2S. The molecule has 2 aromatic rings. The molecule has 0 unspecified atom stereocenters. The Morgan fingerprint density at radius 3 is 2.59 bits per heavy atom. The van der Waals surface area contributed by atoms with Gasteiger partial charge < -0.3 is 0 Å². The average molecular weight is 242 g/mol. The van der Waals surface area contributed by atoms with Gasteiger partial charge in [-0.3, -0.25) is 0 Å². The summed E-state index contributed by atoms with van der Waals surface area (Å²) >= 11 is 1.68. The average Bonchev–Trinajstić information content (AvgIpc) is 2.25. The highest BCUT2D eigenvalue weighted by molar-refractivity contribution is 8.00. The Bertz CT molecular complexity index is 591. The van der Waals surface area contributed by atoms with Crippen LogP contribution in [0.5, 0.6) is 0 Å². The number of hydrogen-bond acceptors (Lipinski definition) is 3. The van der Waals surface area contributed by atoms with Crippen LogP contribution in [0.4, 0.5) is 0 Å². The fourth-order valence-electron chi connectivity index (χ4n) is 1.61. The van der Waals surface area contributed by atoms with Crippen LogP contribution in [-0.4, -0.2) is 9.73 Å². The van der Waals surface area contributed by atoms with E-state index in [4.69, 9.17) is 0 Å². The third-order valence-corrected chi connectivity index (χ3v) is 3.25. The molecule has 0 saturated carbocycles. The van der Waals surface area contributed by atoms with E-state index in [9.17, 15) is 5.26 Å². The van der Waals surface area contributed by atoms with Gasteiger partial charge in [-0.05, 0) is 12.1 Å². The van der Waals surface area contributed by atoms with Gasteiger partial charge in [-0.25, -0.2) is 4.98 Å². The number of nitrogens with zero attached hydrogens (tertiary/aromatic N) is 2. The number of aromatic nitrogens is 1. The van der Waals surface area contributed by atoms with Gasteiger partial charge in [0, 0.05) is 10.1 Å². The van der Waals surface area contributed by atoms with E-state index in [1.54, 1.807) is 11.8 Å². The topological polar surface area (TPSA) is 36.7 Å². The third-order valence-electron chi connectivity index (χ3n) is 2.22. The van der Waals surface area contributed by atoms with E-state index in [2.05, 4.69) is 31.8 Å². The van der Waals surface area contributed by atoms with Crippen LogP contribution in [0.25, 0.3) is 10.9 Å². The van der Waals surface area contributed by atoms with Gasteiger partial charge in [-0.1, -0.05) is 39.0 Å². The van der Waals surface area contributed by atoms with Crippen molar-refractivity contribution in [3.05, 3.63) is 35.9 Å². The van der Waals surface area contributed by atoms with Crippen molar-refractivity contribution < 1.29 is 0 Å². The molecule has 3 heteroatoms. The molecule has 0 saturated heterocycles. The number of thioether (sulfide) groups is 1. The standard InChI is InChI=1S/C14H14N2S/c1-14(2,3)17-13-8-10(9-15)11-6-4-5-7-12(11)16-13/h4-8H,1-3H3. The maximum absolute atomic E-state index is 9.17. The smallest absolute Gasteiger partial charge is 0.0999 e. The van der Waals surface area contributed by atoms with Gasteiger partial charge in [0.2, 0.25) is 0 Å². The molecule has 0 aliphatic rings. The van der Waals surface area contributed by atoms with Crippen LogP contribution >= 0.6 is 11.8 Å². The number of rotatable bonds is 1. The van der Waals surface area contributed by atoms with Crippen LogP contribution in [0.1, 0.15) is 26.3 Å². The first kappa shape index (κ1) is 11.9. The lowest BCUT2D eigenvalue weighted by Gasteiger charge is -2.17. The van der Waals surface area contributed by atoms with Crippen LogP contribution in [0.3, 0.4) is 0 Å². The Kier molecular flexibility index (Phi) is 3.08. The zero-order valence-corrected chi connectivity index (χ0v) is 11.0. The fraction of sp³-hybridized carbons (Fsp3) is 0.286. The van der Waals surface area contributed by atoms with E-state index < -0.39 is 0 Å². The summed E-state index contributed by atoms with van der Waals surface area (Å²) in [5.41, 5.74) is 1.58. The molecule has 0 N–H and O–H groups in total. The molecule has 2 nitrogen and oxygen atoms in total. The zero-order chi connectivity index (χ0) is 12.5. The molecule has 0 aliphatic carbocycles. The molecular weight excluding hydrogens is 228 g/mol. The monoisotopic (exact) mass is 242 g/mol. The second kappa shape index (κ2) is 4.38. The summed E-state index contributed by atoms with van der Waals surface area (Å²) < 4.78 is 0.0994. The van der Waals surface area contributed by atoms with Crippen molar-refractivity contribution in [3.63, 3.8) is 0 Å². The van der Waals surface area contributed by atoms with Gasteiger partial charge in [0.15, 0.2) is 0 Å². The van der Waals surface area contributed by atoms with Crippen molar-refractivity contribution in [1.29, 1.82) is 5.26 Å². The van der Waals surface area contributed by atoms with E-state index in [0.29, 0.717) is 5.56 Å². The highest BCUT2D eigenvalue weighted by atomic mass is 32.2. The van der Waals surface area contributed by atoms with Crippen LogP contribution in [0.15, 0.2) is 35.4 Å². The van der Waals surface area contributed by atoms with Crippen molar-refractivity contribution in [2.45, 2.75) is 30.5 Å². The van der Waals surface area contributed by atoms with Crippen molar-refractivity contribution in [2.24, 2.45) is 0 Å². The number of nitriles is 1. The molecule has 1 aromatic carbocycles. The number of fused-ring (bicyclic) bond motifs is 1. The lowest BCUT2D eigenvalue weighted by atomic mass is 10.1. The van der Waals surface area contributed by atoms with Gasteiger partial charge in [0.1, 0.15) is 0 Å². The number of benzene rings is 1. The summed E-state index contributed by atoms with van der Waals surface area (Å²) in [5.74, 6) is 0. The van der Waals surface area contributed by atoms with Gasteiger partial charge in [-0.2, -0.15) is 5.26 Å². The van der Waals surface area contributed by atoms with Crippen LogP contribution < -0.4 is 0 Å². The summed E-state index contributed by atoms with van der Waals surface area (Å²) in [4.78, 5) is 4.58. The molecule has 86 valence electrons. The van der Waals surface area contributed by atoms with E-state index >= 15 is 0 Å². The highest BCUT2D eigenvalue weighted by Crippen LogP contribution is 2.32. The van der Waals surface area contributed by atoms with Crippen LogP contribution in [-0.2, 0) is 0 Å². The number of hydrogen-bond donors (Lipinski definition) is 0. The van der Waals surface area contributed by atoms with E-state index in [-0.39, 0.29) is 4.75 Å². The minimum Gasteiger partial charge on any atom is -0.241 e. The molecule has 0 aliphatic heterocycles. The number of pyridine rings is 1. The summed E-state index contributed by atoms with van der Waals surface area (Å²) in [5, 5.41) is 11.0. The first-order valence-corrected chi connectivity index (χ1v) is 6.30. The Morgan fingerprint density at radius 1 is 1.24 bits per heavy atom. The second-order valence-corrected chi connectivity index (χ2v) is 6.70. The fourth-order valence-corrected chi connectivity index (χ4v) is 2.56. The maximum Gasteiger partial charge on any atom is 0.0999 e. The molecule has 0 fully saturated rings. The molecule has 0 spiro atoms.